The molecule has 1 rings (SSSR count). The van der Waals surface area contributed by atoms with E-state index in [0.717, 1.165) is 6.42 Å². The van der Waals surface area contributed by atoms with Crippen LogP contribution in [0.15, 0.2) is 0 Å². The molecule has 0 aromatic heterocycles. The third-order valence-corrected chi connectivity index (χ3v) is 1.84. The third-order valence-electron chi connectivity index (χ3n) is 1.84. The molecule has 0 radical (unpaired) electrons. The summed E-state index contributed by atoms with van der Waals surface area (Å²) < 4.78 is 14.9. The summed E-state index contributed by atoms with van der Waals surface area (Å²) in [6.07, 6.45) is 0.771. The van der Waals surface area contributed by atoms with Gasteiger partial charge in [-0.1, -0.05) is 0 Å². The van der Waals surface area contributed by atoms with Crippen LogP contribution >= 0.6 is 0 Å². The van der Waals surface area contributed by atoms with Gasteiger partial charge in [-0.2, -0.15) is 0 Å². The molecule has 1 aliphatic rings. The lowest BCUT2D eigenvalue weighted by Crippen LogP contribution is -2.21. The van der Waals surface area contributed by atoms with E-state index in [4.69, 9.17) is 14.2 Å². The maximum Gasteiger partial charge on any atom is 0.304 e. The molecule has 0 bridgehead atoms. The van der Waals surface area contributed by atoms with Gasteiger partial charge in [0.1, 0.15) is 6.61 Å². The van der Waals surface area contributed by atoms with Crippen molar-refractivity contribution in [3.63, 3.8) is 0 Å². The van der Waals surface area contributed by atoms with Crippen LogP contribution in [-0.2, 0) is 23.8 Å². The highest BCUT2D eigenvalue weighted by Gasteiger charge is 2.27. The highest BCUT2D eigenvalue weighted by atomic mass is 16.7. The first kappa shape index (κ1) is 11.0. The average Bonchev–Trinajstić information content (AvgIpc) is 2.47. The fourth-order valence-corrected chi connectivity index (χ4v) is 1.28. The Hall–Kier alpha value is -1.10. The Bertz CT molecular complexity index is 225. The molecule has 2 atom stereocenters. The summed E-state index contributed by atoms with van der Waals surface area (Å²) in [6.45, 7) is 2.91. The van der Waals surface area contributed by atoms with Crippen LogP contribution in [0.25, 0.3) is 0 Å². The Morgan fingerprint density at radius 2 is 2.00 bits per heavy atom. The minimum atomic E-state index is -0.479. The number of carbonyl (C=O) groups excluding carboxylic acids is 2. The Morgan fingerprint density at radius 3 is 2.57 bits per heavy atom. The van der Waals surface area contributed by atoms with E-state index in [9.17, 15) is 9.59 Å². The summed E-state index contributed by atoms with van der Waals surface area (Å²) in [7, 11) is 0. The van der Waals surface area contributed by atoms with E-state index in [0.29, 0.717) is 6.42 Å². The fourth-order valence-electron chi connectivity index (χ4n) is 1.28. The smallest absolute Gasteiger partial charge is 0.304 e. The Balaban J connectivity index is 2.20. The summed E-state index contributed by atoms with van der Waals surface area (Å²) in [4.78, 5) is 21.1. The molecule has 5 nitrogen and oxygen atoms in total. The van der Waals surface area contributed by atoms with Gasteiger partial charge in [0.2, 0.25) is 6.29 Å². The lowest BCUT2D eigenvalue weighted by molar-refractivity contribution is -0.177. The SMILES string of the molecule is CC(=O)OC[C@@H]1CCC(OC(C)=O)O1. The van der Waals surface area contributed by atoms with Crippen molar-refractivity contribution in [3.05, 3.63) is 0 Å². The van der Waals surface area contributed by atoms with E-state index in [-0.39, 0.29) is 24.6 Å². The molecule has 0 N–H and O–H groups in total. The summed E-state index contributed by atoms with van der Waals surface area (Å²) in [5.74, 6) is -0.687. The van der Waals surface area contributed by atoms with Gasteiger partial charge in [0.15, 0.2) is 0 Å². The first-order valence-electron chi connectivity index (χ1n) is 4.54. The third kappa shape index (κ3) is 3.74. The monoisotopic (exact) mass is 202 g/mol. The Labute approximate surface area is 82.3 Å². The second-order valence-electron chi connectivity index (χ2n) is 3.18. The molecule has 1 aliphatic heterocycles. The largest absolute Gasteiger partial charge is 0.463 e. The molecule has 0 spiro atoms. The summed E-state index contributed by atoms with van der Waals surface area (Å²) in [6, 6.07) is 0. The van der Waals surface area contributed by atoms with E-state index in [1.165, 1.54) is 13.8 Å². The Kier molecular flexibility index (Phi) is 3.88. The molecular weight excluding hydrogens is 188 g/mol. The number of hydrogen-bond donors (Lipinski definition) is 0. The minimum Gasteiger partial charge on any atom is -0.463 e. The first-order chi connectivity index (χ1) is 6.58. The zero-order chi connectivity index (χ0) is 10.6. The predicted octanol–water partition coefficient (Wildman–Crippen LogP) is 0.618. The van der Waals surface area contributed by atoms with Gasteiger partial charge in [0.05, 0.1) is 6.10 Å². The number of ether oxygens (including phenoxy) is 3. The van der Waals surface area contributed by atoms with Gasteiger partial charge in [-0.3, -0.25) is 9.59 Å². The van der Waals surface area contributed by atoms with Crippen molar-refractivity contribution in [1.82, 2.24) is 0 Å². The maximum absolute atomic E-state index is 10.6. The van der Waals surface area contributed by atoms with Crippen molar-refractivity contribution in [1.29, 1.82) is 0 Å². The van der Waals surface area contributed by atoms with Crippen LogP contribution in [-0.4, -0.2) is 30.9 Å². The van der Waals surface area contributed by atoms with Crippen molar-refractivity contribution in [3.8, 4) is 0 Å². The number of carbonyl (C=O) groups is 2. The van der Waals surface area contributed by atoms with E-state index < -0.39 is 6.29 Å². The predicted molar refractivity (Wildman–Crippen MR) is 46.3 cm³/mol. The van der Waals surface area contributed by atoms with Gasteiger partial charge < -0.3 is 14.2 Å². The van der Waals surface area contributed by atoms with Crippen molar-refractivity contribution in [2.24, 2.45) is 0 Å². The van der Waals surface area contributed by atoms with Crippen LogP contribution in [0.3, 0.4) is 0 Å². The number of rotatable bonds is 3. The molecule has 0 aromatic carbocycles. The van der Waals surface area contributed by atoms with Gasteiger partial charge in [-0.05, 0) is 6.42 Å². The van der Waals surface area contributed by atoms with Crippen LogP contribution in [0.1, 0.15) is 26.7 Å². The summed E-state index contributed by atoms with van der Waals surface area (Å²) >= 11 is 0. The fraction of sp³-hybridized carbons (Fsp3) is 0.778. The highest BCUT2D eigenvalue weighted by molar-refractivity contribution is 5.66. The molecule has 0 aliphatic carbocycles. The van der Waals surface area contributed by atoms with Crippen molar-refractivity contribution >= 4 is 11.9 Å². The van der Waals surface area contributed by atoms with Crippen LogP contribution in [0.5, 0.6) is 0 Å². The molecule has 1 unspecified atom stereocenters. The van der Waals surface area contributed by atoms with E-state index in [1.807, 2.05) is 0 Å². The zero-order valence-electron chi connectivity index (χ0n) is 8.32. The van der Waals surface area contributed by atoms with Crippen LogP contribution in [0.4, 0.5) is 0 Å². The highest BCUT2D eigenvalue weighted by Crippen LogP contribution is 2.20. The van der Waals surface area contributed by atoms with Gasteiger partial charge in [-0.25, -0.2) is 0 Å². The topological polar surface area (TPSA) is 61.8 Å². The minimum absolute atomic E-state index is 0.150. The standard InChI is InChI=1S/C9H14O5/c1-6(10)12-5-8-3-4-9(14-8)13-7(2)11/h8-9H,3-5H2,1-2H3/t8-,9?/m0/s1. The normalized spacial score (nSPS) is 25.9. The number of esters is 2. The molecule has 0 aromatic rings. The molecular formula is C9H14O5. The van der Waals surface area contributed by atoms with Gasteiger partial charge in [0, 0.05) is 20.3 Å². The van der Waals surface area contributed by atoms with Crippen LogP contribution < -0.4 is 0 Å². The van der Waals surface area contributed by atoms with Gasteiger partial charge in [0.25, 0.3) is 0 Å². The second kappa shape index (κ2) is 4.95. The quantitative estimate of drug-likeness (QED) is 0.628. The molecule has 1 fully saturated rings. The Morgan fingerprint density at radius 1 is 1.29 bits per heavy atom. The summed E-state index contributed by atoms with van der Waals surface area (Å²) in [5.41, 5.74) is 0. The van der Waals surface area contributed by atoms with E-state index in [1.54, 1.807) is 0 Å². The first-order valence-corrected chi connectivity index (χ1v) is 4.54. The maximum atomic E-state index is 10.6. The molecule has 5 heteroatoms. The number of hydrogen-bond acceptors (Lipinski definition) is 5. The average molecular weight is 202 g/mol. The molecule has 0 saturated carbocycles. The van der Waals surface area contributed by atoms with Gasteiger partial charge >= 0.3 is 11.9 Å². The summed E-state index contributed by atoms with van der Waals surface area (Å²) in [5, 5.41) is 0. The van der Waals surface area contributed by atoms with Crippen LogP contribution in [0.2, 0.25) is 0 Å². The van der Waals surface area contributed by atoms with E-state index >= 15 is 0 Å². The van der Waals surface area contributed by atoms with Crippen molar-refractivity contribution in [2.75, 3.05) is 6.61 Å². The van der Waals surface area contributed by atoms with Crippen molar-refractivity contribution < 1.29 is 23.8 Å². The lowest BCUT2D eigenvalue weighted by atomic mass is 10.2. The van der Waals surface area contributed by atoms with E-state index in [2.05, 4.69) is 0 Å². The molecule has 80 valence electrons. The second-order valence-corrected chi connectivity index (χ2v) is 3.18. The molecule has 14 heavy (non-hydrogen) atoms. The van der Waals surface area contributed by atoms with Crippen molar-refractivity contribution in [2.45, 2.75) is 39.1 Å². The molecule has 1 saturated heterocycles. The van der Waals surface area contributed by atoms with Crippen LogP contribution in [0, 0.1) is 0 Å². The molecule has 0 amide bonds. The zero-order valence-corrected chi connectivity index (χ0v) is 8.32. The van der Waals surface area contributed by atoms with Gasteiger partial charge in [-0.15, -0.1) is 0 Å². The molecule has 1 heterocycles. The lowest BCUT2D eigenvalue weighted by Gasteiger charge is -2.12.